The van der Waals surface area contributed by atoms with E-state index in [2.05, 4.69) is 15.7 Å². The highest BCUT2D eigenvalue weighted by Crippen LogP contribution is 2.33. The molecule has 154 valence electrons. The number of aromatic nitrogens is 2. The summed E-state index contributed by atoms with van der Waals surface area (Å²) < 4.78 is 42.2. The Morgan fingerprint density at radius 3 is 2.50 bits per heavy atom. The standard InChI is InChI=1S/C19H23F3N4O.ClH/c1-12-9-13(2)26(25-12)16-4-3-15(17(10-16)19(20,21)22)11-24-18(27)14-5-7-23-8-6-14;/h3-4,9-10,14,23H,5-8,11H2,1-2H3,(H,24,27);1H. The summed E-state index contributed by atoms with van der Waals surface area (Å²) in [6.45, 7) is 4.95. The summed E-state index contributed by atoms with van der Waals surface area (Å²) in [5.74, 6) is -0.332. The molecule has 0 spiro atoms. The fourth-order valence-corrected chi connectivity index (χ4v) is 3.42. The van der Waals surface area contributed by atoms with Gasteiger partial charge >= 0.3 is 6.18 Å². The van der Waals surface area contributed by atoms with Crippen molar-refractivity contribution in [3.05, 3.63) is 46.8 Å². The van der Waals surface area contributed by atoms with Gasteiger partial charge in [-0.2, -0.15) is 18.3 Å². The molecule has 0 radical (unpaired) electrons. The number of rotatable bonds is 4. The summed E-state index contributed by atoms with van der Waals surface area (Å²) in [7, 11) is 0. The topological polar surface area (TPSA) is 59.0 Å². The molecule has 9 heteroatoms. The Balaban J connectivity index is 0.00000280. The van der Waals surface area contributed by atoms with Crippen LogP contribution in [0.3, 0.4) is 0 Å². The maximum atomic E-state index is 13.6. The molecule has 0 unspecified atom stereocenters. The van der Waals surface area contributed by atoms with Gasteiger partial charge in [-0.1, -0.05) is 6.07 Å². The molecule has 1 aromatic heterocycles. The third-order valence-corrected chi connectivity index (χ3v) is 4.82. The lowest BCUT2D eigenvalue weighted by molar-refractivity contribution is -0.138. The summed E-state index contributed by atoms with van der Waals surface area (Å²) in [6.07, 6.45) is -3.11. The first-order chi connectivity index (χ1) is 12.8. The van der Waals surface area contributed by atoms with Crippen LogP contribution >= 0.6 is 12.4 Å². The van der Waals surface area contributed by atoms with E-state index in [9.17, 15) is 18.0 Å². The molecule has 0 atom stereocenters. The molecule has 1 aliphatic heterocycles. The zero-order valence-electron chi connectivity index (χ0n) is 15.8. The molecule has 5 nitrogen and oxygen atoms in total. The van der Waals surface area contributed by atoms with Gasteiger partial charge in [0.1, 0.15) is 0 Å². The largest absolute Gasteiger partial charge is 0.416 e. The van der Waals surface area contributed by atoms with E-state index in [1.807, 2.05) is 0 Å². The van der Waals surface area contributed by atoms with E-state index in [-0.39, 0.29) is 36.3 Å². The Labute approximate surface area is 168 Å². The van der Waals surface area contributed by atoms with E-state index in [1.165, 1.54) is 10.7 Å². The van der Waals surface area contributed by atoms with Gasteiger partial charge in [-0.15, -0.1) is 12.4 Å². The second kappa shape index (κ2) is 8.96. The van der Waals surface area contributed by atoms with Gasteiger partial charge in [-0.25, -0.2) is 4.68 Å². The molecule has 0 aliphatic carbocycles. The van der Waals surface area contributed by atoms with Crippen LogP contribution in [0.1, 0.15) is 35.4 Å². The molecule has 1 fully saturated rings. The van der Waals surface area contributed by atoms with E-state index in [4.69, 9.17) is 0 Å². The number of hydrogen-bond donors (Lipinski definition) is 2. The first-order valence-corrected chi connectivity index (χ1v) is 8.98. The number of carbonyl (C=O) groups excluding carboxylic acids is 1. The van der Waals surface area contributed by atoms with Crippen molar-refractivity contribution in [1.29, 1.82) is 0 Å². The zero-order valence-corrected chi connectivity index (χ0v) is 16.6. The SMILES string of the molecule is Cc1cc(C)n(-c2ccc(CNC(=O)C3CCNCC3)c(C(F)(F)F)c2)n1.Cl. The van der Waals surface area contributed by atoms with Crippen molar-refractivity contribution in [3.63, 3.8) is 0 Å². The highest BCUT2D eigenvalue weighted by molar-refractivity contribution is 5.85. The molecule has 1 aromatic carbocycles. The van der Waals surface area contributed by atoms with E-state index in [0.29, 0.717) is 18.5 Å². The third-order valence-electron chi connectivity index (χ3n) is 4.82. The highest BCUT2D eigenvalue weighted by atomic mass is 35.5. The van der Waals surface area contributed by atoms with Crippen molar-refractivity contribution in [2.45, 2.75) is 39.4 Å². The maximum Gasteiger partial charge on any atom is 0.416 e. The number of piperidine rings is 1. The van der Waals surface area contributed by atoms with Crippen LogP contribution in [-0.4, -0.2) is 28.8 Å². The molecule has 3 rings (SSSR count). The van der Waals surface area contributed by atoms with E-state index in [0.717, 1.165) is 30.5 Å². The fourth-order valence-electron chi connectivity index (χ4n) is 3.42. The van der Waals surface area contributed by atoms with Gasteiger partial charge in [0, 0.05) is 18.2 Å². The number of benzene rings is 1. The highest BCUT2D eigenvalue weighted by Gasteiger charge is 2.34. The number of halogens is 4. The molecule has 2 heterocycles. The molecular formula is C19H24ClF3N4O. The number of carbonyl (C=O) groups is 1. The van der Waals surface area contributed by atoms with Crippen molar-refractivity contribution in [3.8, 4) is 5.69 Å². The fraction of sp³-hybridized carbons (Fsp3) is 0.474. The molecular weight excluding hydrogens is 393 g/mol. The Hall–Kier alpha value is -2.06. The van der Waals surface area contributed by atoms with Crippen LogP contribution < -0.4 is 10.6 Å². The van der Waals surface area contributed by atoms with Gasteiger partial charge in [-0.05, 0) is 63.5 Å². The minimum absolute atomic E-state index is 0. The third kappa shape index (κ3) is 5.05. The van der Waals surface area contributed by atoms with Crippen molar-refractivity contribution >= 4 is 18.3 Å². The Morgan fingerprint density at radius 1 is 1.25 bits per heavy atom. The Morgan fingerprint density at radius 2 is 1.93 bits per heavy atom. The predicted molar refractivity (Wildman–Crippen MR) is 103 cm³/mol. The van der Waals surface area contributed by atoms with Crippen LogP contribution in [0.5, 0.6) is 0 Å². The smallest absolute Gasteiger partial charge is 0.352 e. The summed E-state index contributed by atoms with van der Waals surface area (Å²) >= 11 is 0. The van der Waals surface area contributed by atoms with E-state index in [1.54, 1.807) is 26.0 Å². The Kier molecular flexibility index (Phi) is 7.11. The number of hydrogen-bond acceptors (Lipinski definition) is 3. The summed E-state index contributed by atoms with van der Waals surface area (Å²) in [4.78, 5) is 12.2. The van der Waals surface area contributed by atoms with Crippen LogP contribution in [0.25, 0.3) is 5.69 Å². The first-order valence-electron chi connectivity index (χ1n) is 8.98. The van der Waals surface area contributed by atoms with E-state index >= 15 is 0 Å². The molecule has 0 saturated carbocycles. The summed E-state index contributed by atoms with van der Waals surface area (Å²) in [5.41, 5.74) is 1.14. The van der Waals surface area contributed by atoms with Gasteiger partial charge in [0.15, 0.2) is 0 Å². The molecule has 1 saturated heterocycles. The second-order valence-electron chi connectivity index (χ2n) is 6.92. The van der Waals surface area contributed by atoms with Crippen LogP contribution in [-0.2, 0) is 17.5 Å². The molecule has 1 amide bonds. The normalized spacial score (nSPS) is 15.2. The summed E-state index contributed by atoms with van der Waals surface area (Å²) in [6, 6.07) is 5.91. The average Bonchev–Trinajstić information content (AvgIpc) is 2.97. The van der Waals surface area contributed by atoms with Crippen LogP contribution in [0.15, 0.2) is 24.3 Å². The van der Waals surface area contributed by atoms with Crippen molar-refractivity contribution in [2.75, 3.05) is 13.1 Å². The lowest BCUT2D eigenvalue weighted by Crippen LogP contribution is -2.38. The van der Waals surface area contributed by atoms with Crippen LogP contribution in [0, 0.1) is 19.8 Å². The second-order valence-corrected chi connectivity index (χ2v) is 6.92. The average molecular weight is 417 g/mol. The molecule has 1 aliphatic rings. The maximum absolute atomic E-state index is 13.6. The van der Waals surface area contributed by atoms with Crippen molar-refractivity contribution < 1.29 is 18.0 Å². The van der Waals surface area contributed by atoms with Gasteiger partial charge in [0.2, 0.25) is 5.91 Å². The zero-order chi connectivity index (χ0) is 19.6. The number of amides is 1. The van der Waals surface area contributed by atoms with Crippen molar-refractivity contribution in [1.82, 2.24) is 20.4 Å². The molecule has 2 aromatic rings. The first kappa shape index (κ1) is 22.2. The predicted octanol–water partition coefficient (Wildman–Crippen LogP) is 3.55. The molecule has 2 N–H and O–H groups in total. The lowest BCUT2D eigenvalue weighted by atomic mass is 9.97. The number of nitrogens with one attached hydrogen (secondary N) is 2. The monoisotopic (exact) mass is 416 g/mol. The van der Waals surface area contributed by atoms with Gasteiger partial charge in [-0.3, -0.25) is 4.79 Å². The van der Waals surface area contributed by atoms with Crippen LogP contribution in [0.4, 0.5) is 13.2 Å². The van der Waals surface area contributed by atoms with Crippen molar-refractivity contribution in [2.24, 2.45) is 5.92 Å². The summed E-state index contributed by atoms with van der Waals surface area (Å²) in [5, 5.41) is 10.1. The van der Waals surface area contributed by atoms with Crippen LogP contribution in [0.2, 0.25) is 0 Å². The molecule has 28 heavy (non-hydrogen) atoms. The lowest BCUT2D eigenvalue weighted by Gasteiger charge is -2.22. The van der Waals surface area contributed by atoms with Gasteiger partial charge < -0.3 is 10.6 Å². The Bertz CT molecular complexity index is 829. The number of alkyl halides is 3. The quantitative estimate of drug-likeness (QED) is 0.801. The number of aryl methyl sites for hydroxylation is 2. The number of nitrogens with zero attached hydrogens (tertiary/aromatic N) is 2. The van der Waals surface area contributed by atoms with Gasteiger partial charge in [0.25, 0.3) is 0 Å². The minimum atomic E-state index is -4.51. The van der Waals surface area contributed by atoms with E-state index < -0.39 is 11.7 Å². The van der Waals surface area contributed by atoms with Gasteiger partial charge in [0.05, 0.1) is 16.9 Å². The molecule has 0 bridgehead atoms. The minimum Gasteiger partial charge on any atom is -0.352 e.